The fraction of sp³-hybridized carbons (Fsp3) is 0.500. The third kappa shape index (κ3) is 4.66. The number of benzene rings is 1. The molecule has 112 valence electrons. The number of carbonyl (C=O) groups excluding carboxylic acids is 1. The van der Waals surface area contributed by atoms with Gasteiger partial charge in [-0.2, -0.15) is 0 Å². The van der Waals surface area contributed by atoms with E-state index in [1.807, 2.05) is 0 Å². The van der Waals surface area contributed by atoms with Gasteiger partial charge in [0.05, 0.1) is 13.2 Å². The maximum Gasteiger partial charge on any atom is 0.239 e. The first kappa shape index (κ1) is 17.3. The molecule has 0 saturated carbocycles. The fourth-order valence-corrected chi connectivity index (χ4v) is 2.74. The number of halogens is 1. The van der Waals surface area contributed by atoms with Gasteiger partial charge in [0.15, 0.2) is 0 Å². The lowest BCUT2D eigenvalue weighted by atomic mass is 10.1. The molecule has 1 saturated heterocycles. The molecule has 1 atom stereocenters. The molecule has 1 aromatic carbocycles. The van der Waals surface area contributed by atoms with Gasteiger partial charge in [-0.1, -0.05) is 12.1 Å². The molecule has 1 unspecified atom stereocenters. The molecule has 20 heavy (non-hydrogen) atoms. The average Bonchev–Trinajstić information content (AvgIpc) is 2.46. The lowest BCUT2D eigenvalue weighted by molar-refractivity contribution is -0.126. The summed E-state index contributed by atoms with van der Waals surface area (Å²) in [6.45, 7) is 4.50. The van der Waals surface area contributed by atoms with Crippen molar-refractivity contribution in [1.82, 2.24) is 10.6 Å². The normalized spacial score (nSPS) is 18.2. The summed E-state index contributed by atoms with van der Waals surface area (Å²) in [5.41, 5.74) is 2.39. The highest BCUT2D eigenvalue weighted by Gasteiger charge is 2.20. The Hall–Kier alpha value is -0.750. The van der Waals surface area contributed by atoms with Crippen LogP contribution in [0.2, 0.25) is 0 Å². The third-order valence-electron chi connectivity index (χ3n) is 3.13. The molecule has 0 bridgehead atoms. The molecular weight excluding hydrogens is 296 g/mol. The van der Waals surface area contributed by atoms with E-state index in [0.29, 0.717) is 19.8 Å². The van der Waals surface area contributed by atoms with Crippen LogP contribution in [0.25, 0.3) is 0 Å². The van der Waals surface area contributed by atoms with E-state index in [0.717, 1.165) is 12.1 Å². The zero-order chi connectivity index (χ0) is 13.7. The minimum absolute atomic E-state index is 0. The Bertz CT molecular complexity index is 451. The van der Waals surface area contributed by atoms with Gasteiger partial charge in [-0.15, -0.1) is 24.2 Å². The van der Waals surface area contributed by atoms with Crippen LogP contribution in [0.1, 0.15) is 11.1 Å². The minimum atomic E-state index is -0.225. The quantitative estimate of drug-likeness (QED) is 0.831. The molecule has 2 N–H and O–H groups in total. The molecule has 1 aromatic rings. The number of thioether (sulfide) groups is 1. The van der Waals surface area contributed by atoms with Crippen molar-refractivity contribution in [3.63, 3.8) is 0 Å². The van der Waals surface area contributed by atoms with E-state index in [2.05, 4.69) is 42.0 Å². The van der Waals surface area contributed by atoms with Crippen LogP contribution in [0, 0.1) is 6.92 Å². The number of ether oxygens (including phenoxy) is 1. The molecule has 0 spiro atoms. The summed E-state index contributed by atoms with van der Waals surface area (Å²) in [5.74, 6) is 0.00679. The number of aryl methyl sites for hydroxylation is 1. The topological polar surface area (TPSA) is 50.4 Å². The van der Waals surface area contributed by atoms with Gasteiger partial charge in [0, 0.05) is 18.0 Å². The standard InChI is InChI=1S/C14H20N2O2S.ClH/c1-10-3-4-11(13(7-10)19-2)8-16-14(17)12-9-18-6-5-15-12;/h3-4,7,12,15H,5-6,8-9H2,1-2H3,(H,16,17);1H. The minimum Gasteiger partial charge on any atom is -0.378 e. The summed E-state index contributed by atoms with van der Waals surface area (Å²) < 4.78 is 5.29. The lowest BCUT2D eigenvalue weighted by Gasteiger charge is -2.23. The van der Waals surface area contributed by atoms with E-state index < -0.39 is 0 Å². The Balaban J connectivity index is 0.00000200. The molecule has 1 amide bonds. The number of morpholine rings is 1. The van der Waals surface area contributed by atoms with Crippen LogP contribution in [0.15, 0.2) is 23.1 Å². The van der Waals surface area contributed by atoms with Crippen molar-refractivity contribution in [2.75, 3.05) is 26.0 Å². The van der Waals surface area contributed by atoms with Crippen LogP contribution in [0.4, 0.5) is 0 Å². The summed E-state index contributed by atoms with van der Waals surface area (Å²) in [6, 6.07) is 6.07. The summed E-state index contributed by atoms with van der Waals surface area (Å²) in [6.07, 6.45) is 2.05. The highest BCUT2D eigenvalue weighted by Crippen LogP contribution is 2.21. The summed E-state index contributed by atoms with van der Waals surface area (Å²) in [4.78, 5) is 13.2. The first-order valence-electron chi connectivity index (χ1n) is 6.43. The van der Waals surface area contributed by atoms with E-state index >= 15 is 0 Å². The van der Waals surface area contributed by atoms with Crippen LogP contribution in [0.5, 0.6) is 0 Å². The van der Waals surface area contributed by atoms with E-state index in [4.69, 9.17) is 4.74 Å². The van der Waals surface area contributed by atoms with Gasteiger partial charge in [0.1, 0.15) is 6.04 Å². The number of hydrogen-bond donors (Lipinski definition) is 2. The van der Waals surface area contributed by atoms with Crippen molar-refractivity contribution < 1.29 is 9.53 Å². The smallest absolute Gasteiger partial charge is 0.239 e. The van der Waals surface area contributed by atoms with Crippen molar-refractivity contribution in [1.29, 1.82) is 0 Å². The van der Waals surface area contributed by atoms with Crippen LogP contribution in [0.3, 0.4) is 0 Å². The van der Waals surface area contributed by atoms with E-state index in [1.54, 1.807) is 11.8 Å². The second-order valence-corrected chi connectivity index (χ2v) is 5.46. The van der Waals surface area contributed by atoms with Crippen LogP contribution in [-0.4, -0.2) is 38.0 Å². The number of hydrogen-bond acceptors (Lipinski definition) is 4. The largest absolute Gasteiger partial charge is 0.378 e. The molecule has 4 nitrogen and oxygen atoms in total. The van der Waals surface area contributed by atoms with Gasteiger partial charge in [0.25, 0.3) is 0 Å². The zero-order valence-corrected chi connectivity index (χ0v) is 13.4. The molecular formula is C14H21ClN2O2S. The van der Waals surface area contributed by atoms with Gasteiger partial charge >= 0.3 is 0 Å². The first-order chi connectivity index (χ1) is 9.20. The molecule has 0 aromatic heterocycles. The Labute approximate surface area is 130 Å². The number of nitrogens with one attached hydrogen (secondary N) is 2. The number of amides is 1. The molecule has 2 rings (SSSR count). The molecule has 1 heterocycles. The van der Waals surface area contributed by atoms with E-state index in [1.165, 1.54) is 10.5 Å². The van der Waals surface area contributed by atoms with Crippen molar-refractivity contribution in [3.05, 3.63) is 29.3 Å². The second kappa shape index (κ2) is 8.52. The highest BCUT2D eigenvalue weighted by atomic mass is 35.5. The summed E-state index contributed by atoms with van der Waals surface area (Å²) in [7, 11) is 0. The van der Waals surface area contributed by atoms with Gasteiger partial charge < -0.3 is 15.4 Å². The number of carbonyl (C=O) groups is 1. The predicted octanol–water partition coefficient (Wildman–Crippen LogP) is 1.74. The Morgan fingerprint density at radius 1 is 1.55 bits per heavy atom. The monoisotopic (exact) mass is 316 g/mol. The van der Waals surface area contributed by atoms with Crippen molar-refractivity contribution in [2.45, 2.75) is 24.4 Å². The molecule has 0 radical (unpaired) electrons. The van der Waals surface area contributed by atoms with E-state index in [9.17, 15) is 4.79 Å². The SMILES string of the molecule is CSc1cc(C)ccc1CNC(=O)C1COCCN1.Cl. The van der Waals surface area contributed by atoms with Crippen LogP contribution in [-0.2, 0) is 16.1 Å². The van der Waals surface area contributed by atoms with Crippen LogP contribution >= 0.6 is 24.2 Å². The second-order valence-electron chi connectivity index (χ2n) is 4.61. The van der Waals surface area contributed by atoms with Gasteiger partial charge in [0.2, 0.25) is 5.91 Å². The molecule has 0 aliphatic carbocycles. The highest BCUT2D eigenvalue weighted by molar-refractivity contribution is 7.98. The van der Waals surface area contributed by atoms with Crippen molar-refractivity contribution >= 4 is 30.1 Å². The van der Waals surface area contributed by atoms with Gasteiger partial charge in [-0.3, -0.25) is 4.79 Å². The molecule has 1 fully saturated rings. The zero-order valence-electron chi connectivity index (χ0n) is 11.8. The third-order valence-corrected chi connectivity index (χ3v) is 3.95. The maximum absolute atomic E-state index is 12.0. The molecule has 1 aliphatic rings. The average molecular weight is 317 g/mol. The molecule has 1 aliphatic heterocycles. The van der Waals surface area contributed by atoms with Crippen molar-refractivity contribution in [3.8, 4) is 0 Å². The Morgan fingerprint density at radius 3 is 3.00 bits per heavy atom. The van der Waals surface area contributed by atoms with Gasteiger partial charge in [-0.25, -0.2) is 0 Å². The fourth-order valence-electron chi connectivity index (χ4n) is 2.04. The first-order valence-corrected chi connectivity index (χ1v) is 7.65. The Kier molecular flexibility index (Phi) is 7.37. The maximum atomic E-state index is 12.0. The van der Waals surface area contributed by atoms with Crippen molar-refractivity contribution in [2.24, 2.45) is 0 Å². The summed E-state index contributed by atoms with van der Waals surface area (Å²) >= 11 is 1.71. The van der Waals surface area contributed by atoms with Crippen LogP contribution < -0.4 is 10.6 Å². The van der Waals surface area contributed by atoms with E-state index in [-0.39, 0.29) is 24.4 Å². The summed E-state index contributed by atoms with van der Waals surface area (Å²) in [5, 5.41) is 6.12. The number of rotatable bonds is 4. The molecule has 6 heteroatoms. The van der Waals surface area contributed by atoms with Gasteiger partial charge in [-0.05, 0) is 30.4 Å². The predicted molar refractivity (Wildman–Crippen MR) is 84.7 cm³/mol. The Morgan fingerprint density at radius 2 is 2.35 bits per heavy atom. The lowest BCUT2D eigenvalue weighted by Crippen LogP contribution is -2.51.